The van der Waals surface area contributed by atoms with E-state index in [0.717, 1.165) is 0 Å². The lowest BCUT2D eigenvalue weighted by atomic mass is 10.1. The Labute approximate surface area is 160 Å². The van der Waals surface area contributed by atoms with Crippen molar-refractivity contribution in [2.75, 3.05) is 35.5 Å². The highest BCUT2D eigenvalue weighted by atomic mass is 16.5. The van der Waals surface area contributed by atoms with Crippen molar-refractivity contribution in [3.05, 3.63) is 34.5 Å². The maximum absolute atomic E-state index is 13.0. The zero-order chi connectivity index (χ0) is 20.4. The SMILES string of the molecule is COc1ccc(-c2oc3cc(OC)c(OC)c(O)c3c(=O)c2OC)cc1OC. The largest absolute Gasteiger partial charge is 0.504 e. The Hall–Kier alpha value is -3.55. The molecule has 0 radical (unpaired) electrons. The van der Waals surface area contributed by atoms with Crippen molar-refractivity contribution in [3.63, 3.8) is 0 Å². The molecule has 148 valence electrons. The van der Waals surface area contributed by atoms with Gasteiger partial charge in [0.1, 0.15) is 11.0 Å². The van der Waals surface area contributed by atoms with Crippen LogP contribution in [0.1, 0.15) is 0 Å². The second-order valence-electron chi connectivity index (χ2n) is 5.70. The van der Waals surface area contributed by atoms with E-state index in [1.807, 2.05) is 0 Å². The van der Waals surface area contributed by atoms with Gasteiger partial charge in [-0.15, -0.1) is 0 Å². The van der Waals surface area contributed by atoms with Crippen LogP contribution in [-0.2, 0) is 0 Å². The number of aromatic hydroxyl groups is 1. The number of rotatable bonds is 6. The van der Waals surface area contributed by atoms with E-state index in [-0.39, 0.29) is 39.7 Å². The van der Waals surface area contributed by atoms with E-state index in [4.69, 9.17) is 28.1 Å². The molecule has 0 atom stereocenters. The van der Waals surface area contributed by atoms with Crippen molar-refractivity contribution >= 4 is 11.0 Å². The highest BCUT2D eigenvalue weighted by Crippen LogP contribution is 2.44. The van der Waals surface area contributed by atoms with Gasteiger partial charge >= 0.3 is 0 Å². The molecule has 2 aromatic carbocycles. The van der Waals surface area contributed by atoms with Crippen LogP contribution in [0.25, 0.3) is 22.3 Å². The monoisotopic (exact) mass is 388 g/mol. The van der Waals surface area contributed by atoms with E-state index < -0.39 is 5.43 Å². The predicted molar refractivity (Wildman–Crippen MR) is 102 cm³/mol. The number of phenolic OH excluding ortho intramolecular Hbond substituents is 1. The average Bonchev–Trinajstić information content (AvgIpc) is 2.72. The number of hydrogen-bond acceptors (Lipinski definition) is 8. The fourth-order valence-corrected chi connectivity index (χ4v) is 2.98. The number of hydrogen-bond donors (Lipinski definition) is 1. The first-order chi connectivity index (χ1) is 13.5. The quantitative estimate of drug-likeness (QED) is 0.688. The lowest BCUT2D eigenvalue weighted by Gasteiger charge is -2.14. The zero-order valence-corrected chi connectivity index (χ0v) is 16.1. The standard InChI is InChI=1S/C20H20O8/c1-23-11-7-6-10(8-12(11)24-2)18-20(27-5)17(22)15-13(28-18)9-14(25-3)19(26-4)16(15)21/h6-9,21H,1-5H3. The first-order valence-corrected chi connectivity index (χ1v) is 8.21. The fourth-order valence-electron chi connectivity index (χ4n) is 2.98. The molecule has 1 aromatic heterocycles. The van der Waals surface area contributed by atoms with Crippen LogP contribution in [0.15, 0.2) is 33.5 Å². The van der Waals surface area contributed by atoms with Gasteiger partial charge in [-0.05, 0) is 18.2 Å². The summed E-state index contributed by atoms with van der Waals surface area (Å²) in [7, 11) is 7.15. The molecule has 0 fully saturated rings. The third-order valence-electron chi connectivity index (χ3n) is 4.31. The molecule has 28 heavy (non-hydrogen) atoms. The van der Waals surface area contributed by atoms with Gasteiger partial charge in [-0.2, -0.15) is 0 Å². The van der Waals surface area contributed by atoms with Gasteiger partial charge in [0.05, 0.1) is 35.5 Å². The molecule has 0 aliphatic heterocycles. The van der Waals surface area contributed by atoms with Crippen LogP contribution >= 0.6 is 0 Å². The number of fused-ring (bicyclic) bond motifs is 1. The van der Waals surface area contributed by atoms with Gasteiger partial charge < -0.3 is 33.2 Å². The first-order valence-electron chi connectivity index (χ1n) is 8.21. The number of benzene rings is 2. The van der Waals surface area contributed by atoms with Gasteiger partial charge in [0.15, 0.2) is 28.8 Å². The van der Waals surface area contributed by atoms with E-state index >= 15 is 0 Å². The van der Waals surface area contributed by atoms with Crippen LogP contribution < -0.4 is 29.1 Å². The summed E-state index contributed by atoms with van der Waals surface area (Å²) in [6, 6.07) is 6.52. The third-order valence-corrected chi connectivity index (χ3v) is 4.31. The van der Waals surface area contributed by atoms with Gasteiger partial charge in [0, 0.05) is 11.6 Å². The molecule has 0 saturated carbocycles. The predicted octanol–water partition coefficient (Wildman–Crippen LogP) is 3.21. The maximum atomic E-state index is 13.0. The molecule has 1 N–H and O–H groups in total. The molecule has 0 spiro atoms. The summed E-state index contributed by atoms with van der Waals surface area (Å²) < 4.78 is 32.1. The number of ether oxygens (including phenoxy) is 5. The Kier molecular flexibility index (Phi) is 5.21. The van der Waals surface area contributed by atoms with Crippen LogP contribution in [0.3, 0.4) is 0 Å². The summed E-state index contributed by atoms with van der Waals surface area (Å²) in [5, 5.41) is 10.4. The molecule has 0 saturated heterocycles. The minimum absolute atomic E-state index is 0.0308. The van der Waals surface area contributed by atoms with Crippen molar-refractivity contribution < 1.29 is 33.2 Å². The van der Waals surface area contributed by atoms with Crippen LogP contribution in [0.2, 0.25) is 0 Å². The maximum Gasteiger partial charge on any atom is 0.239 e. The molecule has 1 heterocycles. The minimum Gasteiger partial charge on any atom is -0.504 e. The molecule has 0 aliphatic rings. The van der Waals surface area contributed by atoms with Crippen LogP contribution in [0.5, 0.6) is 34.5 Å². The molecule has 0 unspecified atom stereocenters. The van der Waals surface area contributed by atoms with E-state index in [2.05, 4.69) is 0 Å². The molecule has 0 aliphatic carbocycles. The third kappa shape index (κ3) is 2.92. The van der Waals surface area contributed by atoms with Gasteiger partial charge in [-0.25, -0.2) is 0 Å². The van der Waals surface area contributed by atoms with Crippen molar-refractivity contribution in [2.45, 2.75) is 0 Å². The average molecular weight is 388 g/mol. The van der Waals surface area contributed by atoms with Crippen molar-refractivity contribution in [3.8, 4) is 45.8 Å². The van der Waals surface area contributed by atoms with Crippen molar-refractivity contribution in [1.82, 2.24) is 0 Å². The molecular weight excluding hydrogens is 368 g/mol. The van der Waals surface area contributed by atoms with E-state index in [1.54, 1.807) is 18.2 Å². The Balaban J connectivity index is 2.37. The minimum atomic E-state index is -0.549. The molecule has 3 aromatic rings. The highest BCUT2D eigenvalue weighted by molar-refractivity contribution is 5.91. The van der Waals surface area contributed by atoms with E-state index in [0.29, 0.717) is 17.1 Å². The topological polar surface area (TPSA) is 96.6 Å². The lowest BCUT2D eigenvalue weighted by Crippen LogP contribution is -2.08. The summed E-state index contributed by atoms with van der Waals surface area (Å²) in [4.78, 5) is 13.0. The van der Waals surface area contributed by atoms with Gasteiger partial charge in [-0.3, -0.25) is 4.79 Å². The Morgan fingerprint density at radius 1 is 0.786 bits per heavy atom. The zero-order valence-electron chi connectivity index (χ0n) is 16.1. The summed E-state index contributed by atoms with van der Waals surface area (Å²) in [6.07, 6.45) is 0. The summed E-state index contributed by atoms with van der Waals surface area (Å²) in [6.45, 7) is 0. The van der Waals surface area contributed by atoms with Gasteiger partial charge in [0.25, 0.3) is 0 Å². The normalized spacial score (nSPS) is 10.6. The van der Waals surface area contributed by atoms with Crippen LogP contribution in [0.4, 0.5) is 0 Å². The molecule has 0 amide bonds. The Bertz CT molecular complexity index is 1080. The first kappa shape index (κ1) is 19.2. The molecular formula is C20H20O8. The van der Waals surface area contributed by atoms with Gasteiger partial charge in [0.2, 0.25) is 16.9 Å². The summed E-state index contributed by atoms with van der Waals surface area (Å²) >= 11 is 0. The highest BCUT2D eigenvalue weighted by Gasteiger charge is 2.24. The smallest absolute Gasteiger partial charge is 0.239 e. The molecule has 8 heteroatoms. The van der Waals surface area contributed by atoms with E-state index in [1.165, 1.54) is 41.6 Å². The molecule has 8 nitrogen and oxygen atoms in total. The number of methoxy groups -OCH3 is 5. The van der Waals surface area contributed by atoms with Gasteiger partial charge in [-0.1, -0.05) is 0 Å². The second-order valence-corrected chi connectivity index (χ2v) is 5.70. The van der Waals surface area contributed by atoms with Crippen molar-refractivity contribution in [2.24, 2.45) is 0 Å². The fraction of sp³-hybridized carbons (Fsp3) is 0.250. The second kappa shape index (κ2) is 7.59. The Morgan fingerprint density at radius 2 is 1.43 bits per heavy atom. The summed E-state index contributed by atoms with van der Waals surface area (Å²) in [5.74, 6) is 0.956. The number of phenols is 1. The molecule has 3 rings (SSSR count). The van der Waals surface area contributed by atoms with Crippen molar-refractivity contribution in [1.29, 1.82) is 0 Å². The van der Waals surface area contributed by atoms with E-state index in [9.17, 15) is 9.90 Å². The van der Waals surface area contributed by atoms with Crippen LogP contribution in [-0.4, -0.2) is 40.7 Å². The molecule has 0 bridgehead atoms. The Morgan fingerprint density at radius 3 is 2.00 bits per heavy atom. The lowest BCUT2D eigenvalue weighted by molar-refractivity contribution is 0.334. The summed E-state index contributed by atoms with van der Waals surface area (Å²) in [5.41, 5.74) is 0.0977. The van der Waals surface area contributed by atoms with Crippen LogP contribution in [0, 0.1) is 0 Å².